The zero-order valence-electron chi connectivity index (χ0n) is 38.3. The summed E-state index contributed by atoms with van der Waals surface area (Å²) >= 11 is 0. The predicted molar refractivity (Wildman–Crippen MR) is 243 cm³/mol. The second-order valence-electron chi connectivity index (χ2n) is 16.7. The van der Waals surface area contributed by atoms with Gasteiger partial charge in [-0.1, -0.05) is 166 Å². The van der Waals surface area contributed by atoms with E-state index in [1.165, 1.54) is 64.2 Å². The number of hydrogen-bond acceptors (Lipinski definition) is 14. The number of rotatable bonds is 39. The van der Waals surface area contributed by atoms with Crippen molar-refractivity contribution in [3.63, 3.8) is 0 Å². The quantitative estimate of drug-likeness (QED) is 0.00963. The number of phosphoric acid groups is 2. The zero-order chi connectivity index (χ0) is 47.6. The minimum absolute atomic E-state index is 0.0267. The lowest BCUT2D eigenvalue weighted by atomic mass is 9.85. The largest absolute Gasteiger partial charge is 0.472 e. The molecule has 9 atom stereocenters. The Balaban J connectivity index is 2.62. The van der Waals surface area contributed by atoms with Gasteiger partial charge in [0.15, 0.2) is 6.10 Å². The summed E-state index contributed by atoms with van der Waals surface area (Å²) < 4.78 is 49.3. The number of carbonyl (C=O) groups excluding carboxylic acids is 2. The molecule has 0 spiro atoms. The van der Waals surface area contributed by atoms with Gasteiger partial charge in [0, 0.05) is 12.8 Å². The molecule has 0 saturated heterocycles. The number of aliphatic hydroxyl groups excluding tert-OH is 5. The van der Waals surface area contributed by atoms with Crippen LogP contribution in [0.1, 0.15) is 174 Å². The fourth-order valence-corrected chi connectivity index (χ4v) is 8.69. The summed E-state index contributed by atoms with van der Waals surface area (Å²) in [6.45, 7) is 2.90. The summed E-state index contributed by atoms with van der Waals surface area (Å²) in [6, 6.07) is 0. The Kier molecular flexibility index (Phi) is 34.1. The second kappa shape index (κ2) is 36.3. The minimum Gasteiger partial charge on any atom is -0.462 e. The van der Waals surface area contributed by atoms with Gasteiger partial charge in [-0.25, -0.2) is 9.13 Å². The molecule has 1 rings (SSSR count). The molecule has 1 saturated carbocycles. The van der Waals surface area contributed by atoms with Crippen LogP contribution in [0.5, 0.6) is 0 Å². The lowest BCUT2D eigenvalue weighted by Crippen LogP contribution is -2.64. The molecule has 0 aromatic heterocycles. The van der Waals surface area contributed by atoms with E-state index < -0.39 is 89.6 Å². The molecule has 0 aromatic rings. The number of unbranched alkanes of at least 4 members (excludes halogenated alkanes) is 18. The van der Waals surface area contributed by atoms with Crippen molar-refractivity contribution in [2.75, 3.05) is 13.2 Å². The van der Waals surface area contributed by atoms with Crippen LogP contribution in [0, 0.1) is 0 Å². The van der Waals surface area contributed by atoms with Gasteiger partial charge in [0.1, 0.15) is 43.2 Å². The van der Waals surface area contributed by atoms with Gasteiger partial charge < -0.3 is 49.7 Å². The van der Waals surface area contributed by atoms with E-state index in [4.69, 9.17) is 28.3 Å². The number of allylic oxidation sites excluding steroid dienone is 5. The van der Waals surface area contributed by atoms with E-state index in [1.807, 2.05) is 18.2 Å². The van der Waals surface area contributed by atoms with Crippen molar-refractivity contribution in [1.82, 2.24) is 0 Å². The highest BCUT2D eigenvalue weighted by Crippen LogP contribution is 2.49. The number of carbonyl (C=O) groups is 2. The first-order chi connectivity index (χ1) is 30.5. The molecule has 0 bridgehead atoms. The summed E-state index contributed by atoms with van der Waals surface area (Å²) in [5.41, 5.74) is 0. The van der Waals surface area contributed by atoms with Gasteiger partial charge >= 0.3 is 27.6 Å². The van der Waals surface area contributed by atoms with Crippen LogP contribution in [0.2, 0.25) is 0 Å². The van der Waals surface area contributed by atoms with Gasteiger partial charge in [0.2, 0.25) is 0 Å². The molecule has 0 radical (unpaired) electrons. The number of aliphatic hydroxyl groups is 5. The Labute approximate surface area is 381 Å². The highest BCUT2D eigenvalue weighted by atomic mass is 31.2. The van der Waals surface area contributed by atoms with Crippen molar-refractivity contribution in [1.29, 1.82) is 0 Å². The molecule has 1 fully saturated rings. The fourth-order valence-electron chi connectivity index (χ4n) is 7.15. The Bertz CT molecular complexity index is 1400. The molecule has 8 N–H and O–H groups in total. The third kappa shape index (κ3) is 30.5. The standard InChI is InChI=1S/C45H82O17P2/c1-3-5-7-9-11-12-13-14-15-16-17-18-20-24-29-33-39(48)60-37(34-58-38(47)32-28-25-21-23-27-31-36(46)30-26-22-19-10-8-6-4-2)35-59-64(56,57)62-45-42(51)40(49)41(50)44(43(45)52)61-63(53,54)55/h6,8,19,22,26,30,36-37,40-46,49-52H,3-5,7,9-18,20-21,23-25,27-29,31-35H2,1-2H3,(H,56,57)(H2,53,54,55)/b8-6+,22-19+,30-26+/t36?,37-,40?,41?,42?,43?,44-,45+/m1/s1. The molecule has 0 heterocycles. The lowest BCUT2D eigenvalue weighted by molar-refractivity contribution is -0.216. The molecule has 17 nitrogen and oxygen atoms in total. The highest BCUT2D eigenvalue weighted by molar-refractivity contribution is 7.47. The molecule has 19 heteroatoms. The second-order valence-corrected chi connectivity index (χ2v) is 19.3. The third-order valence-corrected chi connectivity index (χ3v) is 12.3. The Hall–Kier alpha value is -1.82. The van der Waals surface area contributed by atoms with E-state index in [-0.39, 0.29) is 12.8 Å². The first-order valence-electron chi connectivity index (χ1n) is 23.6. The molecular weight excluding hydrogens is 874 g/mol. The van der Waals surface area contributed by atoms with Crippen LogP contribution in [-0.4, -0.2) is 114 Å². The van der Waals surface area contributed by atoms with E-state index in [2.05, 4.69) is 30.5 Å². The van der Waals surface area contributed by atoms with Gasteiger partial charge in [-0.05, 0) is 32.1 Å². The maximum atomic E-state index is 13.0. The minimum atomic E-state index is -5.37. The molecule has 64 heavy (non-hydrogen) atoms. The van der Waals surface area contributed by atoms with Gasteiger partial charge in [0.25, 0.3) is 0 Å². The van der Waals surface area contributed by atoms with Crippen molar-refractivity contribution >= 4 is 27.6 Å². The van der Waals surface area contributed by atoms with Crippen molar-refractivity contribution in [2.45, 2.75) is 223 Å². The average molecular weight is 957 g/mol. The van der Waals surface area contributed by atoms with Crippen molar-refractivity contribution < 1.29 is 82.0 Å². The molecule has 0 amide bonds. The Morgan fingerprint density at radius 1 is 0.578 bits per heavy atom. The summed E-state index contributed by atoms with van der Waals surface area (Å²) in [5.74, 6) is -1.28. The molecular formula is C45H82O17P2. The summed E-state index contributed by atoms with van der Waals surface area (Å²) in [6.07, 6.45) is 19.8. The molecule has 0 aliphatic heterocycles. The van der Waals surface area contributed by atoms with E-state index in [9.17, 15) is 49.1 Å². The predicted octanol–water partition coefficient (Wildman–Crippen LogP) is 7.70. The number of phosphoric ester groups is 2. The van der Waals surface area contributed by atoms with Crippen molar-refractivity contribution in [3.05, 3.63) is 36.5 Å². The van der Waals surface area contributed by atoms with E-state index in [0.717, 1.165) is 64.2 Å². The first-order valence-corrected chi connectivity index (χ1v) is 26.7. The summed E-state index contributed by atoms with van der Waals surface area (Å²) in [7, 11) is -10.7. The van der Waals surface area contributed by atoms with Crippen molar-refractivity contribution in [3.8, 4) is 0 Å². The maximum Gasteiger partial charge on any atom is 0.472 e. The van der Waals surface area contributed by atoms with Crippen LogP contribution >= 0.6 is 15.6 Å². The fraction of sp³-hybridized carbons (Fsp3) is 0.822. The normalized spacial score (nSPS) is 22.6. The maximum absolute atomic E-state index is 13.0. The third-order valence-electron chi connectivity index (χ3n) is 10.8. The van der Waals surface area contributed by atoms with Gasteiger partial charge in [-0.2, -0.15) is 0 Å². The van der Waals surface area contributed by atoms with Crippen LogP contribution in [0.3, 0.4) is 0 Å². The smallest absolute Gasteiger partial charge is 0.462 e. The molecule has 1 aliphatic rings. The molecule has 6 unspecified atom stereocenters. The van der Waals surface area contributed by atoms with E-state index >= 15 is 0 Å². The summed E-state index contributed by atoms with van der Waals surface area (Å²) in [4.78, 5) is 54.3. The van der Waals surface area contributed by atoms with Crippen LogP contribution in [0.15, 0.2) is 36.5 Å². The lowest BCUT2D eigenvalue weighted by Gasteiger charge is -2.43. The Morgan fingerprint density at radius 3 is 1.61 bits per heavy atom. The van der Waals surface area contributed by atoms with Crippen LogP contribution in [0.25, 0.3) is 0 Å². The van der Waals surface area contributed by atoms with Crippen LogP contribution in [-0.2, 0) is 41.8 Å². The van der Waals surface area contributed by atoms with Gasteiger partial charge in [-0.3, -0.25) is 23.2 Å². The van der Waals surface area contributed by atoms with Crippen LogP contribution in [0.4, 0.5) is 0 Å². The molecule has 374 valence electrons. The number of ether oxygens (including phenoxy) is 2. The SMILES string of the molecule is CC/C=C/C/C=C/C=C/C(O)CCCCCCCC(=O)OC[C@H](COP(=O)(O)O[C@H]1C(O)C(O)C(O)[C@@H](OP(=O)(O)O)C1O)OC(=O)CCCCCCCCCCCCCCCCC. The molecule has 0 aromatic carbocycles. The number of hydrogen-bond donors (Lipinski definition) is 8. The van der Waals surface area contributed by atoms with Crippen molar-refractivity contribution in [2.24, 2.45) is 0 Å². The van der Waals surface area contributed by atoms with Crippen LogP contribution < -0.4 is 0 Å². The topological polar surface area (TPSA) is 276 Å². The average Bonchev–Trinajstić information content (AvgIpc) is 3.24. The monoisotopic (exact) mass is 957 g/mol. The summed E-state index contributed by atoms with van der Waals surface area (Å²) in [5, 5.41) is 51.4. The Morgan fingerprint density at radius 2 is 1.08 bits per heavy atom. The zero-order valence-corrected chi connectivity index (χ0v) is 40.1. The van der Waals surface area contributed by atoms with E-state index in [0.29, 0.717) is 19.3 Å². The van der Waals surface area contributed by atoms with Gasteiger partial charge in [0.05, 0.1) is 12.7 Å². The molecule has 1 aliphatic carbocycles. The van der Waals surface area contributed by atoms with E-state index in [1.54, 1.807) is 6.08 Å². The number of esters is 2. The first kappa shape index (κ1) is 60.2. The van der Waals surface area contributed by atoms with Gasteiger partial charge in [-0.15, -0.1) is 0 Å². The highest BCUT2D eigenvalue weighted by Gasteiger charge is 2.54.